The summed E-state index contributed by atoms with van der Waals surface area (Å²) in [6.45, 7) is 0.646. The second-order valence-electron chi connectivity index (χ2n) is 5.08. The number of pyridine rings is 1. The first-order valence-electron chi connectivity index (χ1n) is 6.91. The number of hydrogen-bond donors (Lipinski definition) is 2. The van der Waals surface area contributed by atoms with E-state index in [-0.39, 0.29) is 5.69 Å². The first-order chi connectivity index (χ1) is 10.3. The molecule has 0 unspecified atom stereocenters. The number of benzene rings is 1. The smallest absolute Gasteiger partial charge is 0.326 e. The number of nitrogens with one attached hydrogen (secondary N) is 2. The minimum Gasteiger partial charge on any atom is -0.346 e. The van der Waals surface area contributed by atoms with Crippen molar-refractivity contribution in [2.24, 2.45) is 0 Å². The van der Waals surface area contributed by atoms with E-state index in [1.807, 2.05) is 30.5 Å². The third-order valence-corrected chi connectivity index (χ3v) is 3.78. The van der Waals surface area contributed by atoms with Gasteiger partial charge in [0, 0.05) is 18.1 Å². The quantitative estimate of drug-likeness (QED) is 0.604. The van der Waals surface area contributed by atoms with Gasteiger partial charge in [-0.1, -0.05) is 30.3 Å². The van der Waals surface area contributed by atoms with Gasteiger partial charge in [0.15, 0.2) is 0 Å². The van der Waals surface area contributed by atoms with Crippen LogP contribution in [0.15, 0.2) is 53.6 Å². The van der Waals surface area contributed by atoms with Crippen LogP contribution in [0.5, 0.6) is 0 Å². The number of nitrogens with zero attached hydrogens (tertiary/aromatic N) is 2. The van der Waals surface area contributed by atoms with E-state index >= 15 is 0 Å². The molecule has 0 aliphatic carbocycles. The monoisotopic (exact) mass is 278 g/mol. The second kappa shape index (κ2) is 4.63. The summed E-state index contributed by atoms with van der Waals surface area (Å²) >= 11 is 0. The lowest BCUT2D eigenvalue weighted by Gasteiger charge is -2.04. The van der Waals surface area contributed by atoms with Crippen LogP contribution < -0.4 is 5.69 Å². The molecule has 104 valence electrons. The third-order valence-electron chi connectivity index (χ3n) is 3.78. The van der Waals surface area contributed by atoms with Crippen LogP contribution in [0.1, 0.15) is 5.56 Å². The van der Waals surface area contributed by atoms with Gasteiger partial charge < -0.3 is 9.97 Å². The van der Waals surface area contributed by atoms with Crippen LogP contribution in [0.25, 0.3) is 22.1 Å². The van der Waals surface area contributed by atoms with Crippen molar-refractivity contribution in [2.75, 3.05) is 0 Å². The molecule has 4 rings (SSSR count). The molecular weight excluding hydrogens is 264 g/mol. The molecule has 0 amide bonds. The highest BCUT2D eigenvalue weighted by atomic mass is 16.1. The highest BCUT2D eigenvalue weighted by Crippen LogP contribution is 2.20. The molecule has 3 heterocycles. The molecular formula is C16H14N4O. The molecule has 0 aliphatic rings. The van der Waals surface area contributed by atoms with Crippen molar-refractivity contribution in [2.45, 2.75) is 13.0 Å². The molecule has 3 aromatic heterocycles. The van der Waals surface area contributed by atoms with Gasteiger partial charge in [-0.25, -0.2) is 9.78 Å². The fourth-order valence-electron chi connectivity index (χ4n) is 2.76. The summed E-state index contributed by atoms with van der Waals surface area (Å²) in [5, 5.41) is 0.971. The third kappa shape index (κ3) is 1.94. The van der Waals surface area contributed by atoms with Crippen molar-refractivity contribution in [1.82, 2.24) is 19.5 Å². The summed E-state index contributed by atoms with van der Waals surface area (Å²) < 4.78 is 1.79. The average molecular weight is 278 g/mol. The Morgan fingerprint density at radius 2 is 2.00 bits per heavy atom. The predicted octanol–water partition coefficient (Wildman–Crippen LogP) is 2.45. The van der Waals surface area contributed by atoms with Crippen LogP contribution in [-0.2, 0) is 13.0 Å². The number of rotatable bonds is 3. The van der Waals surface area contributed by atoms with E-state index in [4.69, 9.17) is 0 Å². The van der Waals surface area contributed by atoms with Gasteiger partial charge in [0.25, 0.3) is 0 Å². The maximum atomic E-state index is 12.2. The minimum absolute atomic E-state index is 0.0866. The molecule has 21 heavy (non-hydrogen) atoms. The van der Waals surface area contributed by atoms with Crippen LogP contribution in [0, 0.1) is 0 Å². The maximum absolute atomic E-state index is 12.2. The van der Waals surface area contributed by atoms with Crippen LogP contribution in [-0.4, -0.2) is 19.5 Å². The maximum Gasteiger partial charge on any atom is 0.326 e. The fourth-order valence-corrected chi connectivity index (χ4v) is 2.76. The molecule has 2 N–H and O–H groups in total. The number of imidazole rings is 1. The van der Waals surface area contributed by atoms with Crippen LogP contribution in [0.4, 0.5) is 0 Å². The first kappa shape index (κ1) is 12.0. The summed E-state index contributed by atoms with van der Waals surface area (Å²) in [5.74, 6) is 0. The normalized spacial score (nSPS) is 11.4. The van der Waals surface area contributed by atoms with Crippen LogP contribution in [0.3, 0.4) is 0 Å². The Hall–Kier alpha value is -2.82. The van der Waals surface area contributed by atoms with Crippen molar-refractivity contribution >= 4 is 22.1 Å². The van der Waals surface area contributed by atoms with Crippen molar-refractivity contribution in [3.05, 3.63) is 64.8 Å². The minimum atomic E-state index is -0.0866. The summed E-state index contributed by atoms with van der Waals surface area (Å²) in [6.07, 6.45) is 4.37. The Kier molecular flexibility index (Phi) is 2.64. The zero-order chi connectivity index (χ0) is 14.2. The van der Waals surface area contributed by atoms with Crippen LogP contribution in [0.2, 0.25) is 0 Å². The molecule has 4 aromatic rings. The Balaban J connectivity index is 1.82. The lowest BCUT2D eigenvalue weighted by atomic mass is 10.1. The largest absolute Gasteiger partial charge is 0.346 e. The number of aromatic amines is 2. The van der Waals surface area contributed by atoms with E-state index in [1.54, 1.807) is 10.8 Å². The number of aromatic nitrogens is 4. The van der Waals surface area contributed by atoms with E-state index in [2.05, 4.69) is 27.1 Å². The zero-order valence-electron chi connectivity index (χ0n) is 11.3. The van der Waals surface area contributed by atoms with Gasteiger partial charge in [0.05, 0.1) is 17.2 Å². The molecule has 0 aliphatic heterocycles. The van der Waals surface area contributed by atoms with E-state index in [0.717, 1.165) is 28.5 Å². The van der Waals surface area contributed by atoms with Gasteiger partial charge in [-0.2, -0.15) is 0 Å². The Labute approximate surface area is 120 Å². The molecule has 5 nitrogen and oxygen atoms in total. The molecule has 0 spiro atoms. The average Bonchev–Trinajstić information content (AvgIpc) is 3.09. The van der Waals surface area contributed by atoms with Gasteiger partial charge in [-0.3, -0.25) is 4.57 Å². The molecule has 1 aromatic carbocycles. The zero-order valence-corrected chi connectivity index (χ0v) is 11.3. The van der Waals surface area contributed by atoms with E-state index < -0.39 is 0 Å². The van der Waals surface area contributed by atoms with Crippen molar-refractivity contribution in [3.8, 4) is 0 Å². The molecule has 0 fully saturated rings. The topological polar surface area (TPSA) is 66.5 Å². The molecule has 0 saturated heterocycles. The Morgan fingerprint density at radius 1 is 1.14 bits per heavy atom. The Bertz CT molecular complexity index is 962. The Morgan fingerprint density at radius 3 is 2.86 bits per heavy atom. The van der Waals surface area contributed by atoms with Crippen molar-refractivity contribution in [1.29, 1.82) is 0 Å². The number of hydrogen-bond acceptors (Lipinski definition) is 2. The number of fused-ring (bicyclic) bond motifs is 3. The lowest BCUT2D eigenvalue weighted by Crippen LogP contribution is -2.17. The highest BCUT2D eigenvalue weighted by molar-refractivity contribution is 6.00. The van der Waals surface area contributed by atoms with E-state index in [0.29, 0.717) is 6.54 Å². The predicted molar refractivity (Wildman–Crippen MR) is 82.4 cm³/mol. The van der Waals surface area contributed by atoms with Gasteiger partial charge in [0.1, 0.15) is 5.65 Å². The summed E-state index contributed by atoms with van der Waals surface area (Å²) in [6, 6.07) is 12.1. The van der Waals surface area contributed by atoms with Crippen molar-refractivity contribution in [3.63, 3.8) is 0 Å². The SMILES string of the molecule is O=c1[nH]c2cnc3[nH]ccc3c2n1CCc1ccccc1. The molecule has 0 atom stereocenters. The van der Waals surface area contributed by atoms with E-state index in [9.17, 15) is 4.79 Å². The van der Waals surface area contributed by atoms with Gasteiger partial charge >= 0.3 is 5.69 Å². The number of H-pyrrole nitrogens is 2. The first-order valence-corrected chi connectivity index (χ1v) is 6.91. The lowest BCUT2D eigenvalue weighted by molar-refractivity contribution is 0.692. The summed E-state index contributed by atoms with van der Waals surface area (Å²) in [5.41, 5.74) is 3.63. The van der Waals surface area contributed by atoms with Crippen molar-refractivity contribution < 1.29 is 0 Å². The number of aryl methyl sites for hydroxylation is 2. The van der Waals surface area contributed by atoms with Gasteiger partial charge in [-0.05, 0) is 18.1 Å². The summed E-state index contributed by atoms with van der Waals surface area (Å²) in [4.78, 5) is 22.5. The molecule has 0 radical (unpaired) electrons. The standard InChI is InChI=1S/C16H14N4O/c21-16-19-13-10-18-15-12(6-8-17-15)14(13)20(16)9-7-11-4-2-1-3-5-11/h1-6,8,10H,7,9H2,(H,17,18)(H,19,21). The van der Waals surface area contributed by atoms with Gasteiger partial charge in [0.2, 0.25) is 0 Å². The summed E-state index contributed by atoms with van der Waals surface area (Å²) in [7, 11) is 0. The molecule has 0 bridgehead atoms. The molecule has 0 saturated carbocycles. The van der Waals surface area contributed by atoms with Crippen LogP contribution >= 0.6 is 0 Å². The highest BCUT2D eigenvalue weighted by Gasteiger charge is 2.11. The van der Waals surface area contributed by atoms with Gasteiger partial charge in [-0.15, -0.1) is 0 Å². The second-order valence-corrected chi connectivity index (χ2v) is 5.08. The fraction of sp³-hybridized carbons (Fsp3) is 0.125. The molecule has 5 heteroatoms. The van der Waals surface area contributed by atoms with E-state index in [1.165, 1.54) is 5.56 Å².